The number of rotatable bonds is 1. The predicted molar refractivity (Wildman–Crippen MR) is 68.2 cm³/mol. The van der Waals surface area contributed by atoms with Crippen LogP contribution in [0.1, 0.15) is 24.0 Å². The van der Waals surface area contributed by atoms with Gasteiger partial charge in [-0.15, -0.1) is 0 Å². The molecule has 0 radical (unpaired) electrons. The number of benzene rings is 1. The number of hydrogen-bond acceptors (Lipinski definition) is 4. The Bertz CT molecular complexity index is 574. The summed E-state index contributed by atoms with van der Waals surface area (Å²) in [6.07, 6.45) is 2.14. The Hall–Kier alpha value is -0.910. The van der Waals surface area contributed by atoms with E-state index in [1.54, 1.807) is 12.1 Å². The molecule has 2 aliphatic rings. The number of fused-ring (bicyclic) bond motifs is 1. The van der Waals surface area contributed by atoms with Crippen LogP contribution in [0, 0.1) is 0 Å². The second kappa shape index (κ2) is 4.05. The van der Waals surface area contributed by atoms with Crippen LogP contribution in [-0.2, 0) is 21.9 Å². The molecule has 2 aliphatic heterocycles. The zero-order valence-corrected chi connectivity index (χ0v) is 11.0. The maximum Gasteiger partial charge on any atom is 0.178 e. The van der Waals surface area contributed by atoms with Crippen molar-refractivity contribution in [1.82, 2.24) is 5.32 Å². The molecule has 0 aromatic heterocycles. The first kappa shape index (κ1) is 12.1. The molecule has 0 saturated carbocycles. The Morgan fingerprint density at radius 2 is 2.17 bits per heavy atom. The van der Waals surface area contributed by atoms with Crippen molar-refractivity contribution in [3.63, 3.8) is 0 Å². The van der Waals surface area contributed by atoms with Crippen LogP contribution in [0.4, 0.5) is 0 Å². The standard InChI is InChI=1S/C13H17NO3S/c15-13(5-6-14-9-13)11-3-4-12-10(8-11)2-1-7-18(12,16)17/h3-4,8,14-15H,1-2,5-7,9H2. The first-order valence-corrected chi connectivity index (χ1v) is 7.96. The highest BCUT2D eigenvalue weighted by Gasteiger charge is 2.34. The monoisotopic (exact) mass is 267 g/mol. The summed E-state index contributed by atoms with van der Waals surface area (Å²) in [6.45, 7) is 1.34. The van der Waals surface area contributed by atoms with E-state index in [0.717, 1.165) is 24.1 Å². The van der Waals surface area contributed by atoms with Crippen molar-refractivity contribution in [2.45, 2.75) is 29.8 Å². The van der Waals surface area contributed by atoms with Crippen LogP contribution in [0.5, 0.6) is 0 Å². The van der Waals surface area contributed by atoms with Crippen LogP contribution in [-0.4, -0.2) is 32.4 Å². The van der Waals surface area contributed by atoms with E-state index >= 15 is 0 Å². The van der Waals surface area contributed by atoms with Gasteiger partial charge in [-0.25, -0.2) is 8.42 Å². The lowest BCUT2D eigenvalue weighted by Gasteiger charge is -2.24. The van der Waals surface area contributed by atoms with E-state index in [4.69, 9.17) is 0 Å². The molecule has 1 saturated heterocycles. The maximum atomic E-state index is 11.9. The predicted octanol–water partition coefficient (Wildman–Crippen LogP) is 0.587. The molecule has 1 aromatic rings. The Balaban J connectivity index is 2.06. The van der Waals surface area contributed by atoms with Gasteiger partial charge in [0.1, 0.15) is 5.60 Å². The largest absolute Gasteiger partial charge is 0.384 e. The second-order valence-electron chi connectivity index (χ2n) is 5.20. The lowest BCUT2D eigenvalue weighted by Crippen LogP contribution is -2.29. The van der Waals surface area contributed by atoms with Gasteiger partial charge in [0.2, 0.25) is 0 Å². The normalized spacial score (nSPS) is 30.1. The highest BCUT2D eigenvalue weighted by atomic mass is 32.2. The molecule has 1 aromatic carbocycles. The summed E-state index contributed by atoms with van der Waals surface area (Å²) in [5.41, 5.74) is 0.860. The second-order valence-corrected chi connectivity index (χ2v) is 7.28. The van der Waals surface area contributed by atoms with Crippen LogP contribution in [0.25, 0.3) is 0 Å². The lowest BCUT2D eigenvalue weighted by molar-refractivity contribution is 0.0586. The third-order valence-electron chi connectivity index (χ3n) is 3.92. The number of aryl methyl sites for hydroxylation is 1. The number of aliphatic hydroxyl groups is 1. The van der Waals surface area contributed by atoms with E-state index in [0.29, 0.717) is 24.3 Å². The summed E-state index contributed by atoms with van der Waals surface area (Å²) in [5.74, 6) is 0.241. The minimum absolute atomic E-state index is 0.241. The van der Waals surface area contributed by atoms with Gasteiger partial charge < -0.3 is 10.4 Å². The molecule has 1 atom stereocenters. The molecule has 1 fully saturated rings. The fraction of sp³-hybridized carbons (Fsp3) is 0.538. The van der Waals surface area contributed by atoms with Gasteiger partial charge in [-0.2, -0.15) is 0 Å². The third-order valence-corrected chi connectivity index (χ3v) is 5.82. The lowest BCUT2D eigenvalue weighted by atomic mass is 9.91. The fourth-order valence-corrected chi connectivity index (χ4v) is 4.44. The Morgan fingerprint density at radius 3 is 2.89 bits per heavy atom. The average molecular weight is 267 g/mol. The molecule has 2 heterocycles. The fourth-order valence-electron chi connectivity index (χ4n) is 2.86. The number of sulfone groups is 1. The molecule has 0 bridgehead atoms. The molecule has 2 N–H and O–H groups in total. The molecule has 98 valence electrons. The van der Waals surface area contributed by atoms with Gasteiger partial charge in [-0.3, -0.25) is 0 Å². The van der Waals surface area contributed by atoms with Crippen LogP contribution < -0.4 is 5.32 Å². The van der Waals surface area contributed by atoms with Gasteiger partial charge in [0.25, 0.3) is 0 Å². The van der Waals surface area contributed by atoms with Crippen LogP contribution in [0.15, 0.2) is 23.1 Å². The summed E-state index contributed by atoms with van der Waals surface area (Å²) < 4.78 is 23.8. The minimum atomic E-state index is -3.10. The minimum Gasteiger partial charge on any atom is -0.384 e. The number of β-amino-alcohol motifs (C(OH)–C–C–N with tert-alkyl or cyclic N) is 1. The average Bonchev–Trinajstić information content (AvgIpc) is 2.77. The van der Waals surface area contributed by atoms with E-state index in [2.05, 4.69) is 5.32 Å². The molecule has 0 spiro atoms. The SMILES string of the molecule is O=S1(=O)CCCc2cc(C3(O)CCNC3)ccc21. The Labute approximate surface area is 107 Å². The van der Waals surface area contributed by atoms with Gasteiger partial charge >= 0.3 is 0 Å². The summed E-state index contributed by atoms with van der Waals surface area (Å²) >= 11 is 0. The number of hydrogen-bond donors (Lipinski definition) is 2. The van der Waals surface area contributed by atoms with Crippen LogP contribution >= 0.6 is 0 Å². The highest BCUT2D eigenvalue weighted by Crippen LogP contribution is 2.32. The molecule has 0 amide bonds. The van der Waals surface area contributed by atoms with E-state index < -0.39 is 15.4 Å². The van der Waals surface area contributed by atoms with Crippen molar-refractivity contribution < 1.29 is 13.5 Å². The molecule has 0 aliphatic carbocycles. The third kappa shape index (κ3) is 1.86. The molecule has 4 nitrogen and oxygen atoms in total. The van der Waals surface area contributed by atoms with Crippen molar-refractivity contribution in [3.8, 4) is 0 Å². The molecule has 18 heavy (non-hydrogen) atoms. The quantitative estimate of drug-likeness (QED) is 0.781. The maximum absolute atomic E-state index is 11.9. The zero-order valence-electron chi connectivity index (χ0n) is 10.1. The smallest absolute Gasteiger partial charge is 0.178 e. The molecular weight excluding hydrogens is 250 g/mol. The van der Waals surface area contributed by atoms with Crippen LogP contribution in [0.3, 0.4) is 0 Å². The molecule has 5 heteroatoms. The van der Waals surface area contributed by atoms with Gasteiger partial charge in [0.15, 0.2) is 9.84 Å². The van der Waals surface area contributed by atoms with Gasteiger partial charge in [-0.05, 0) is 43.0 Å². The van der Waals surface area contributed by atoms with Crippen molar-refractivity contribution in [1.29, 1.82) is 0 Å². The van der Waals surface area contributed by atoms with Crippen molar-refractivity contribution in [3.05, 3.63) is 29.3 Å². The van der Waals surface area contributed by atoms with E-state index in [1.165, 1.54) is 0 Å². The van der Waals surface area contributed by atoms with Gasteiger partial charge in [0.05, 0.1) is 10.6 Å². The van der Waals surface area contributed by atoms with Gasteiger partial charge in [-0.1, -0.05) is 12.1 Å². The Kier molecular flexibility index (Phi) is 2.73. The highest BCUT2D eigenvalue weighted by molar-refractivity contribution is 7.91. The summed E-state index contributed by atoms with van der Waals surface area (Å²) in [5, 5.41) is 13.6. The summed E-state index contributed by atoms with van der Waals surface area (Å²) in [7, 11) is -3.10. The van der Waals surface area contributed by atoms with Crippen molar-refractivity contribution >= 4 is 9.84 Å². The van der Waals surface area contributed by atoms with Gasteiger partial charge in [0, 0.05) is 6.54 Å². The van der Waals surface area contributed by atoms with Crippen molar-refractivity contribution in [2.24, 2.45) is 0 Å². The molecule has 1 unspecified atom stereocenters. The molecular formula is C13H17NO3S. The van der Waals surface area contributed by atoms with Crippen molar-refractivity contribution in [2.75, 3.05) is 18.8 Å². The van der Waals surface area contributed by atoms with E-state index in [1.807, 2.05) is 6.07 Å². The first-order valence-electron chi connectivity index (χ1n) is 6.31. The van der Waals surface area contributed by atoms with E-state index in [9.17, 15) is 13.5 Å². The number of nitrogens with one attached hydrogen (secondary N) is 1. The molecule has 3 rings (SSSR count). The Morgan fingerprint density at radius 1 is 1.33 bits per heavy atom. The van der Waals surface area contributed by atoms with Crippen LogP contribution in [0.2, 0.25) is 0 Å². The van der Waals surface area contributed by atoms with E-state index in [-0.39, 0.29) is 5.75 Å². The zero-order chi connectivity index (χ0) is 12.8. The summed E-state index contributed by atoms with van der Waals surface area (Å²) in [6, 6.07) is 5.29. The summed E-state index contributed by atoms with van der Waals surface area (Å²) in [4.78, 5) is 0.451. The first-order chi connectivity index (χ1) is 8.51. The topological polar surface area (TPSA) is 66.4 Å².